The van der Waals surface area contributed by atoms with Crippen molar-refractivity contribution < 1.29 is 0 Å². The van der Waals surface area contributed by atoms with Crippen LogP contribution in [0.5, 0.6) is 0 Å². The number of hydrogen-bond acceptors (Lipinski definition) is 6. The third-order valence-corrected chi connectivity index (χ3v) is 5.84. The van der Waals surface area contributed by atoms with Gasteiger partial charge in [0.1, 0.15) is 0 Å². The first-order valence-corrected chi connectivity index (χ1v) is 15.6. The maximum absolute atomic E-state index is 4.99. The first-order chi connectivity index (χ1) is 16.3. The molecule has 216 valence electrons. The van der Waals surface area contributed by atoms with Gasteiger partial charge >= 0.3 is 8.41 Å². The van der Waals surface area contributed by atoms with Crippen molar-refractivity contribution in [2.75, 3.05) is 39.3 Å². The van der Waals surface area contributed by atoms with Crippen LogP contribution in [0, 0.1) is 35.5 Å². The van der Waals surface area contributed by atoms with Gasteiger partial charge in [-0.1, -0.05) is 96.0 Å². The van der Waals surface area contributed by atoms with Gasteiger partial charge in [-0.15, -0.1) is 0 Å². The third kappa shape index (κ3) is 32.5. The van der Waals surface area contributed by atoms with Gasteiger partial charge in [0, 0.05) is 39.3 Å². The van der Waals surface area contributed by atoms with Crippen LogP contribution < -0.4 is 0 Å². The first kappa shape index (κ1) is 44.4. The molecular formula is C27H54BN3S6. The number of hydrogen-bond donors (Lipinski definition) is 0. The third-order valence-electron chi connectivity index (χ3n) is 4.29. The summed E-state index contributed by atoms with van der Waals surface area (Å²) in [4.78, 5) is 6.33. The van der Waals surface area contributed by atoms with E-state index in [-0.39, 0.29) is 8.41 Å². The van der Waals surface area contributed by atoms with Crippen LogP contribution in [0.3, 0.4) is 0 Å². The average molecular weight is 624 g/mol. The number of rotatable bonds is 12. The summed E-state index contributed by atoms with van der Waals surface area (Å²) in [5.74, 6) is 3.78. The molecule has 0 unspecified atom stereocenters. The van der Waals surface area contributed by atoms with Crippen molar-refractivity contribution in [3.05, 3.63) is 0 Å². The smallest absolute Gasteiger partial charge is 0.411 e. The van der Waals surface area contributed by atoms with Gasteiger partial charge in [-0.3, -0.25) is 0 Å². The average Bonchev–Trinajstić information content (AvgIpc) is 2.65. The fourth-order valence-corrected chi connectivity index (χ4v) is 4.21. The maximum atomic E-state index is 4.99. The molecule has 0 radical (unpaired) electrons. The van der Waals surface area contributed by atoms with E-state index in [9.17, 15) is 0 Å². The van der Waals surface area contributed by atoms with E-state index >= 15 is 0 Å². The van der Waals surface area contributed by atoms with Crippen molar-refractivity contribution in [1.29, 1.82) is 0 Å². The van der Waals surface area contributed by atoms with Gasteiger partial charge in [-0.25, -0.2) is 0 Å². The van der Waals surface area contributed by atoms with Crippen LogP contribution in [-0.4, -0.2) is 75.3 Å². The molecule has 0 amide bonds. The zero-order valence-electron chi connectivity index (χ0n) is 25.6. The molecule has 0 heterocycles. The van der Waals surface area contributed by atoms with Gasteiger partial charge in [0.2, 0.25) is 0 Å². The van der Waals surface area contributed by atoms with Gasteiger partial charge in [-0.2, -0.15) is 0 Å². The fraction of sp³-hybridized carbons (Fsp3) is 0.889. The second kappa shape index (κ2) is 25.4. The molecule has 10 heteroatoms. The molecule has 0 aliphatic heterocycles. The topological polar surface area (TPSA) is 9.72 Å². The van der Waals surface area contributed by atoms with E-state index in [1.807, 2.05) is 0 Å². The largest absolute Gasteiger partial charge is 3.00 e. The van der Waals surface area contributed by atoms with E-state index in [4.69, 9.17) is 74.5 Å². The van der Waals surface area contributed by atoms with Crippen molar-refractivity contribution in [3.8, 4) is 0 Å². The Morgan fingerprint density at radius 1 is 0.405 bits per heavy atom. The molecule has 0 saturated carbocycles. The second-order valence-electron chi connectivity index (χ2n) is 11.9. The predicted molar refractivity (Wildman–Crippen MR) is 189 cm³/mol. The molecule has 0 rings (SSSR count). The molecule has 3 nitrogen and oxygen atoms in total. The summed E-state index contributed by atoms with van der Waals surface area (Å²) >= 11 is 30.0. The van der Waals surface area contributed by atoms with Gasteiger partial charge in [-0.05, 0) is 35.5 Å². The summed E-state index contributed by atoms with van der Waals surface area (Å²) < 4.78 is 1.83. The molecule has 0 fully saturated rings. The van der Waals surface area contributed by atoms with E-state index in [1.165, 1.54) is 0 Å². The second-order valence-corrected chi connectivity index (χ2v) is 15.0. The summed E-state index contributed by atoms with van der Waals surface area (Å²) in [6.07, 6.45) is 0. The molecule has 0 aromatic rings. The Morgan fingerprint density at radius 3 is 0.568 bits per heavy atom. The van der Waals surface area contributed by atoms with Crippen LogP contribution in [0.25, 0.3) is 0 Å². The van der Waals surface area contributed by atoms with E-state index in [0.717, 1.165) is 39.3 Å². The Balaban J connectivity index is -0.000000218. The van der Waals surface area contributed by atoms with Crippen LogP contribution in [0.15, 0.2) is 0 Å². The summed E-state index contributed by atoms with van der Waals surface area (Å²) in [5, 5.41) is 0. The van der Waals surface area contributed by atoms with Crippen LogP contribution >= 0.6 is 36.7 Å². The number of thiocarbonyl (C=S) groups is 3. The quantitative estimate of drug-likeness (QED) is 0.129. The van der Waals surface area contributed by atoms with Gasteiger partial charge in [0.05, 0.1) is 0 Å². The van der Waals surface area contributed by atoms with E-state index < -0.39 is 0 Å². The van der Waals surface area contributed by atoms with Gasteiger partial charge in [0.25, 0.3) is 0 Å². The van der Waals surface area contributed by atoms with Crippen molar-refractivity contribution >= 4 is 95.9 Å². The number of nitrogens with zero attached hydrogens (tertiary/aromatic N) is 3. The molecule has 0 aliphatic rings. The summed E-state index contributed by atoms with van der Waals surface area (Å²) in [7, 11) is 0. The van der Waals surface area contributed by atoms with Gasteiger partial charge < -0.3 is 89.2 Å². The first-order valence-electron chi connectivity index (χ1n) is 13.2. The Bertz CT molecular complexity index is 488. The van der Waals surface area contributed by atoms with E-state index in [2.05, 4.69) is 97.8 Å². The van der Waals surface area contributed by atoms with E-state index in [0.29, 0.717) is 48.5 Å². The Morgan fingerprint density at radius 2 is 0.514 bits per heavy atom. The van der Waals surface area contributed by atoms with Crippen LogP contribution in [0.4, 0.5) is 0 Å². The summed E-state index contributed by atoms with van der Waals surface area (Å²) in [5.41, 5.74) is 0. The molecule has 0 bridgehead atoms. The van der Waals surface area contributed by atoms with Crippen molar-refractivity contribution in [2.45, 2.75) is 83.1 Å². The Labute approximate surface area is 266 Å². The summed E-state index contributed by atoms with van der Waals surface area (Å²) in [6.45, 7) is 32.1. The molecule has 0 saturated heterocycles. The zero-order valence-corrected chi connectivity index (χ0v) is 30.5. The minimum atomic E-state index is 0. The Kier molecular flexibility index (Phi) is 30.5. The minimum absolute atomic E-state index is 0. The fourth-order valence-electron chi connectivity index (χ4n) is 3.32. The van der Waals surface area contributed by atoms with Crippen molar-refractivity contribution in [1.82, 2.24) is 14.7 Å². The minimum Gasteiger partial charge on any atom is -0.411 e. The van der Waals surface area contributed by atoms with E-state index in [1.54, 1.807) is 0 Å². The van der Waals surface area contributed by atoms with Crippen LogP contribution in [0.2, 0.25) is 0 Å². The van der Waals surface area contributed by atoms with Crippen LogP contribution in [-0.2, 0) is 37.9 Å². The van der Waals surface area contributed by atoms with Crippen molar-refractivity contribution in [2.24, 2.45) is 35.5 Å². The SMILES string of the molecule is CC(C)CN(CC(C)C)C(=S)[S-].CC(C)CN(CC(C)C)C(=S)[S-].CC(C)CN(CC(C)C)C(=S)[S-].[B+3]. The standard InChI is InChI=1S/3C9H19NS2.B/c3*1-7(2)5-10(9(11)12)6-8(3)4;/h3*7-8H,5-6H2,1-4H3,(H,11,12);/q;;;+3/p-3. The summed E-state index contributed by atoms with van der Waals surface area (Å²) in [6, 6.07) is 0. The monoisotopic (exact) mass is 623 g/mol. The molecular weight excluding hydrogens is 570 g/mol. The molecule has 0 spiro atoms. The maximum Gasteiger partial charge on any atom is 3.00 e. The van der Waals surface area contributed by atoms with Crippen molar-refractivity contribution in [3.63, 3.8) is 0 Å². The van der Waals surface area contributed by atoms with Gasteiger partial charge in [0.15, 0.2) is 0 Å². The molecule has 0 atom stereocenters. The molecule has 0 aromatic heterocycles. The molecule has 0 aromatic carbocycles. The molecule has 0 N–H and O–H groups in total. The normalized spacial score (nSPS) is 10.5. The molecule has 37 heavy (non-hydrogen) atoms. The Hall–Kier alpha value is 0.395. The predicted octanol–water partition coefficient (Wildman–Crippen LogP) is 6.92. The zero-order chi connectivity index (χ0) is 29.2. The molecule has 0 aliphatic carbocycles. The van der Waals surface area contributed by atoms with Crippen LogP contribution in [0.1, 0.15) is 83.1 Å².